The largest absolute Gasteiger partial charge is 0.378 e. The zero-order chi connectivity index (χ0) is 21.3. The molecule has 2 aromatic rings. The third kappa shape index (κ3) is 3.90. The number of aromatic nitrogens is 2. The van der Waals surface area contributed by atoms with Gasteiger partial charge in [-0.05, 0) is 12.1 Å². The second kappa shape index (κ2) is 8.32. The van der Waals surface area contributed by atoms with Crippen molar-refractivity contribution >= 4 is 17.6 Å². The molecule has 164 valence electrons. The first kappa shape index (κ1) is 20.0. The molecule has 9 heteroatoms. The number of fused-ring (bicyclic) bond motifs is 2. The topological polar surface area (TPSA) is 88.9 Å². The maximum atomic E-state index is 13.1. The second-order valence-electron chi connectivity index (χ2n) is 8.22. The number of rotatable bonds is 2. The van der Waals surface area contributed by atoms with Crippen LogP contribution in [0.1, 0.15) is 18.7 Å². The van der Waals surface area contributed by atoms with Gasteiger partial charge < -0.3 is 29.2 Å². The number of nitrogens with one attached hydrogen (secondary N) is 1. The minimum atomic E-state index is -0.655. The zero-order valence-electron chi connectivity index (χ0n) is 17.4. The Balaban J connectivity index is 1.29. The van der Waals surface area contributed by atoms with E-state index in [4.69, 9.17) is 9.47 Å². The molecule has 2 fully saturated rings. The fourth-order valence-electron chi connectivity index (χ4n) is 4.65. The van der Waals surface area contributed by atoms with Gasteiger partial charge in [-0.15, -0.1) is 0 Å². The van der Waals surface area contributed by atoms with Crippen molar-refractivity contribution in [2.24, 2.45) is 0 Å². The Morgan fingerprint density at radius 1 is 1.03 bits per heavy atom. The minimum absolute atomic E-state index is 0.00581. The predicted octanol–water partition coefficient (Wildman–Crippen LogP) is 1.66. The first-order valence-electron chi connectivity index (χ1n) is 10.8. The molecule has 0 radical (unpaired) electrons. The molecule has 0 saturated carbocycles. The Hall–Kier alpha value is -2.91. The number of anilines is 1. The predicted molar refractivity (Wildman–Crippen MR) is 112 cm³/mol. The van der Waals surface area contributed by atoms with Crippen LogP contribution in [0.25, 0.3) is 0 Å². The number of ether oxygens (including phenoxy) is 2. The second-order valence-corrected chi connectivity index (χ2v) is 8.22. The lowest BCUT2D eigenvalue weighted by molar-refractivity contribution is -0.182. The molecule has 0 aliphatic carbocycles. The molecule has 3 aliphatic rings. The summed E-state index contributed by atoms with van der Waals surface area (Å²) in [6.45, 7) is 3.84. The molecule has 5 rings (SSSR count). The molecule has 2 saturated heterocycles. The number of carbonyl (C=O) groups excluding carboxylic acids is 2. The number of carbonyl (C=O) groups is 2. The molecule has 1 N–H and O–H groups in total. The lowest BCUT2D eigenvalue weighted by Crippen LogP contribution is -2.56. The quantitative estimate of drug-likeness (QED) is 0.791. The molecule has 3 aliphatic heterocycles. The van der Waals surface area contributed by atoms with E-state index in [0.717, 1.165) is 11.5 Å². The van der Waals surface area contributed by atoms with E-state index in [2.05, 4.69) is 10.3 Å². The van der Waals surface area contributed by atoms with Crippen LogP contribution in [0.5, 0.6) is 0 Å². The van der Waals surface area contributed by atoms with Crippen LogP contribution in [-0.4, -0.2) is 76.8 Å². The van der Waals surface area contributed by atoms with E-state index in [0.29, 0.717) is 58.8 Å². The molecule has 1 atom stereocenters. The van der Waals surface area contributed by atoms with Crippen LogP contribution in [0.3, 0.4) is 0 Å². The highest BCUT2D eigenvalue weighted by Crippen LogP contribution is 2.40. The van der Waals surface area contributed by atoms with Gasteiger partial charge in [0.1, 0.15) is 11.4 Å². The van der Waals surface area contributed by atoms with E-state index in [9.17, 15) is 9.59 Å². The fraction of sp³-hybridized carbons (Fsp3) is 0.500. The Bertz CT molecular complexity index is 932. The van der Waals surface area contributed by atoms with E-state index in [1.54, 1.807) is 11.1 Å². The molecular formula is C22H27N5O4. The van der Waals surface area contributed by atoms with Crippen molar-refractivity contribution in [1.29, 1.82) is 0 Å². The summed E-state index contributed by atoms with van der Waals surface area (Å²) in [5.74, 6) is 0.855. The highest BCUT2D eigenvalue weighted by atomic mass is 16.5. The van der Waals surface area contributed by atoms with Gasteiger partial charge in [-0.25, -0.2) is 9.78 Å². The van der Waals surface area contributed by atoms with Gasteiger partial charge in [-0.2, -0.15) is 0 Å². The standard InChI is InChI=1S/C22H27N5O4/c28-19(25-12-14-30-15-13-25)18-16-27-11-8-23-20(27)22(31-18)6-9-26(10-7-22)21(29)24-17-4-2-1-3-5-17/h1-5,8,11,18H,6-7,9-10,12-16H2,(H,24,29)/t18-/m0/s1. The summed E-state index contributed by atoms with van der Waals surface area (Å²) in [5, 5.41) is 2.94. The van der Waals surface area contributed by atoms with Crippen molar-refractivity contribution in [3.8, 4) is 0 Å². The first-order chi connectivity index (χ1) is 15.1. The number of urea groups is 1. The van der Waals surface area contributed by atoms with Crippen LogP contribution in [-0.2, 0) is 26.4 Å². The van der Waals surface area contributed by atoms with E-state index >= 15 is 0 Å². The summed E-state index contributed by atoms with van der Waals surface area (Å²) in [4.78, 5) is 34.0. The van der Waals surface area contributed by atoms with Crippen molar-refractivity contribution in [3.63, 3.8) is 0 Å². The van der Waals surface area contributed by atoms with Crippen molar-refractivity contribution in [2.75, 3.05) is 44.7 Å². The summed E-state index contributed by atoms with van der Waals surface area (Å²) in [7, 11) is 0. The molecule has 1 aromatic heterocycles. The van der Waals surface area contributed by atoms with E-state index in [1.807, 2.05) is 46.0 Å². The summed E-state index contributed by atoms with van der Waals surface area (Å²) in [5.41, 5.74) is 0.117. The summed E-state index contributed by atoms with van der Waals surface area (Å²) in [6, 6.07) is 9.31. The fourth-order valence-corrected chi connectivity index (χ4v) is 4.65. The highest BCUT2D eigenvalue weighted by Gasteiger charge is 2.48. The van der Waals surface area contributed by atoms with Gasteiger partial charge in [-0.3, -0.25) is 4.79 Å². The Morgan fingerprint density at radius 2 is 1.77 bits per heavy atom. The summed E-state index contributed by atoms with van der Waals surface area (Å²) >= 11 is 0. The van der Waals surface area contributed by atoms with Crippen molar-refractivity contribution < 1.29 is 19.1 Å². The first-order valence-corrected chi connectivity index (χ1v) is 10.8. The van der Waals surface area contributed by atoms with Crippen LogP contribution >= 0.6 is 0 Å². The number of hydrogen-bond acceptors (Lipinski definition) is 5. The van der Waals surface area contributed by atoms with Gasteiger partial charge in [0.15, 0.2) is 6.10 Å². The molecular weight excluding hydrogens is 398 g/mol. The molecule has 1 aromatic carbocycles. The smallest absolute Gasteiger partial charge is 0.321 e. The van der Waals surface area contributed by atoms with Crippen molar-refractivity contribution in [2.45, 2.75) is 31.1 Å². The van der Waals surface area contributed by atoms with Gasteiger partial charge in [0.05, 0.1) is 19.8 Å². The van der Waals surface area contributed by atoms with Crippen LogP contribution in [0.2, 0.25) is 0 Å². The van der Waals surface area contributed by atoms with E-state index in [-0.39, 0.29) is 11.9 Å². The van der Waals surface area contributed by atoms with Gasteiger partial charge in [0, 0.05) is 57.1 Å². The number of likely N-dealkylation sites (tertiary alicyclic amines) is 1. The summed E-state index contributed by atoms with van der Waals surface area (Å²) < 4.78 is 13.9. The van der Waals surface area contributed by atoms with Crippen LogP contribution in [0.15, 0.2) is 42.7 Å². The number of benzene rings is 1. The number of nitrogens with zero attached hydrogens (tertiary/aromatic N) is 4. The number of imidazole rings is 1. The Kier molecular flexibility index (Phi) is 5.37. The minimum Gasteiger partial charge on any atom is -0.378 e. The molecule has 31 heavy (non-hydrogen) atoms. The van der Waals surface area contributed by atoms with Crippen LogP contribution < -0.4 is 5.32 Å². The third-order valence-electron chi connectivity index (χ3n) is 6.33. The monoisotopic (exact) mass is 425 g/mol. The van der Waals surface area contributed by atoms with E-state index in [1.165, 1.54) is 0 Å². The summed E-state index contributed by atoms with van der Waals surface area (Å²) in [6.07, 6.45) is 4.31. The average molecular weight is 425 g/mol. The van der Waals surface area contributed by atoms with Gasteiger partial charge >= 0.3 is 6.03 Å². The molecule has 1 spiro atoms. The van der Waals surface area contributed by atoms with Crippen molar-refractivity contribution in [3.05, 3.63) is 48.5 Å². The SMILES string of the molecule is O=C(Nc1ccccc1)N1CCC2(CC1)O[C@H](C(=O)N1CCOCC1)Cn1ccnc12. The Morgan fingerprint density at radius 3 is 2.52 bits per heavy atom. The van der Waals surface area contributed by atoms with E-state index < -0.39 is 11.7 Å². The maximum absolute atomic E-state index is 13.1. The number of para-hydroxylation sites is 1. The number of morpholine rings is 1. The van der Waals surface area contributed by atoms with Crippen LogP contribution in [0, 0.1) is 0 Å². The maximum Gasteiger partial charge on any atom is 0.321 e. The third-order valence-corrected chi connectivity index (χ3v) is 6.33. The van der Waals surface area contributed by atoms with Crippen molar-refractivity contribution in [1.82, 2.24) is 19.4 Å². The highest BCUT2D eigenvalue weighted by molar-refractivity contribution is 5.89. The van der Waals surface area contributed by atoms with Crippen LogP contribution in [0.4, 0.5) is 10.5 Å². The van der Waals surface area contributed by atoms with Gasteiger partial charge in [0.2, 0.25) is 0 Å². The molecule has 3 amide bonds. The lowest BCUT2D eigenvalue weighted by atomic mass is 9.88. The number of amides is 3. The molecule has 0 unspecified atom stereocenters. The molecule has 4 heterocycles. The Labute approximate surface area is 180 Å². The number of piperidine rings is 1. The zero-order valence-corrected chi connectivity index (χ0v) is 17.4. The number of hydrogen-bond donors (Lipinski definition) is 1. The lowest BCUT2D eigenvalue weighted by Gasteiger charge is -2.46. The normalized spacial score (nSPS) is 22.8. The van der Waals surface area contributed by atoms with Gasteiger partial charge in [-0.1, -0.05) is 18.2 Å². The molecule has 0 bridgehead atoms. The average Bonchev–Trinajstić information content (AvgIpc) is 3.30. The van der Waals surface area contributed by atoms with Gasteiger partial charge in [0.25, 0.3) is 5.91 Å². The molecule has 9 nitrogen and oxygen atoms in total.